The zero-order valence-electron chi connectivity index (χ0n) is 21.5. The Bertz CT molecular complexity index is 1590. The van der Waals surface area contributed by atoms with Crippen LogP contribution in [-0.2, 0) is 33.0 Å². The minimum absolute atomic E-state index is 0.666. The zero-order valence-corrected chi connectivity index (χ0v) is 23.9. The summed E-state index contributed by atoms with van der Waals surface area (Å²) in [6, 6.07) is 11.7. The number of fused-ring (bicyclic) bond motifs is 1. The highest BCUT2D eigenvalue weighted by molar-refractivity contribution is 8.13. The maximum atomic E-state index is 11.4. The maximum absolute atomic E-state index is 11.4. The average molecular weight is 649 g/mol. The van der Waals surface area contributed by atoms with Crippen molar-refractivity contribution in [2.24, 2.45) is 0 Å². The monoisotopic (exact) mass is 648 g/mol. The number of aliphatic hydroxyl groups is 1. The second-order valence-electron chi connectivity index (χ2n) is 9.08. The van der Waals surface area contributed by atoms with Crippen LogP contribution in [0.1, 0.15) is 46.2 Å². The third-order valence-electron chi connectivity index (χ3n) is 5.89. The van der Waals surface area contributed by atoms with Crippen molar-refractivity contribution in [3.05, 3.63) is 79.2 Å². The molecule has 0 radical (unpaired) electrons. The first-order valence-electron chi connectivity index (χ1n) is 11.6. The van der Waals surface area contributed by atoms with Crippen molar-refractivity contribution >= 4 is 31.6 Å². The smallest absolute Gasteiger partial charge is 0.421 e. The molecule has 9 nitrogen and oxygen atoms in total. The van der Waals surface area contributed by atoms with Crippen LogP contribution < -0.4 is 4.68 Å². The molecule has 0 bridgehead atoms. The molecule has 1 aliphatic rings. The number of rotatable bonds is 5. The topological polar surface area (TPSA) is 124 Å². The SMILES string of the molecule is Cc1cc(C)c(-[n+]2nn3c(c2[C@@H](O)c2ccc(Cl)cc2)CCC3)c(C)c1.O=S(=O)([N-]S(=O)(=O)C(F)(F)F)C(F)(F)F. The number of hydrogen-bond donors (Lipinski definition) is 1. The predicted octanol–water partition coefficient (Wildman–Crippen LogP) is 4.83. The number of aliphatic hydroxyl groups excluding tert-OH is 1. The Labute approximate surface area is 236 Å². The fourth-order valence-corrected chi connectivity index (χ4v) is 6.10. The molecule has 4 rings (SSSR count). The van der Waals surface area contributed by atoms with Gasteiger partial charge in [-0.3, -0.25) is 0 Å². The van der Waals surface area contributed by atoms with Crippen LogP contribution in [0.2, 0.25) is 5.02 Å². The molecule has 1 N–H and O–H groups in total. The largest absolute Gasteiger partial charge is 0.480 e. The lowest BCUT2D eigenvalue weighted by Crippen LogP contribution is -2.41. The van der Waals surface area contributed by atoms with Crippen molar-refractivity contribution in [3.8, 4) is 5.69 Å². The van der Waals surface area contributed by atoms with Gasteiger partial charge < -0.3 is 9.23 Å². The quantitative estimate of drug-likeness (QED) is 0.312. The van der Waals surface area contributed by atoms with E-state index in [4.69, 9.17) is 16.8 Å². The van der Waals surface area contributed by atoms with E-state index in [1.54, 1.807) is 0 Å². The molecular formula is C23H23ClF6N4O5S2. The minimum Gasteiger partial charge on any atom is -0.421 e. The number of hydrogen-bond acceptors (Lipinski definition) is 6. The number of sulfonamides is 2. The Morgan fingerprint density at radius 2 is 1.44 bits per heavy atom. The molecule has 0 saturated carbocycles. The fourth-order valence-electron chi connectivity index (χ4n) is 4.26. The standard InChI is InChI=1S/C21H23ClN3O.C2F6NO4S2/c1-13-11-14(2)19(15(3)12-13)25-20(18-5-4-10-24(18)23-25)21(26)16-6-8-17(22)9-7-16;3-1(4,5)14(10,11)9-15(12,13)2(6,7)8/h6-9,11-12,21,26H,4-5,10H2,1-3H3;/q+1;-1/t21-;/m0./s1. The van der Waals surface area contributed by atoms with E-state index in [0.717, 1.165) is 57.3 Å². The summed E-state index contributed by atoms with van der Waals surface area (Å²) in [5, 5.41) is 16.7. The average Bonchev–Trinajstić information content (AvgIpc) is 3.38. The molecule has 0 spiro atoms. The van der Waals surface area contributed by atoms with Gasteiger partial charge in [-0.1, -0.05) is 46.1 Å². The number of benzene rings is 2. The number of aryl methyl sites for hydroxylation is 4. The van der Waals surface area contributed by atoms with Gasteiger partial charge in [-0.25, -0.2) is 16.8 Å². The lowest BCUT2D eigenvalue weighted by Gasteiger charge is -2.22. The summed E-state index contributed by atoms with van der Waals surface area (Å²) in [5.41, 5.74) is -4.99. The Hall–Kier alpha value is -2.73. The van der Waals surface area contributed by atoms with Gasteiger partial charge in [0.15, 0.2) is 31.4 Å². The molecule has 0 unspecified atom stereocenters. The normalized spacial score (nSPS) is 14.8. The molecule has 226 valence electrons. The van der Waals surface area contributed by atoms with Gasteiger partial charge >= 0.3 is 11.0 Å². The van der Waals surface area contributed by atoms with Crippen LogP contribution in [0.5, 0.6) is 0 Å². The molecular weight excluding hydrogens is 626 g/mol. The van der Waals surface area contributed by atoms with Gasteiger partial charge in [0.2, 0.25) is 5.69 Å². The van der Waals surface area contributed by atoms with Crippen LogP contribution in [-0.4, -0.2) is 42.9 Å². The molecule has 2 heterocycles. The van der Waals surface area contributed by atoms with E-state index in [-0.39, 0.29) is 0 Å². The Morgan fingerprint density at radius 1 is 0.951 bits per heavy atom. The van der Waals surface area contributed by atoms with Gasteiger partial charge in [-0.2, -0.15) is 26.3 Å². The minimum atomic E-state index is -6.72. The van der Waals surface area contributed by atoms with Crippen LogP contribution in [0, 0.1) is 20.8 Å². The fraction of sp³-hybridized carbons (Fsp3) is 0.391. The van der Waals surface area contributed by atoms with Crippen molar-refractivity contribution in [2.45, 2.75) is 57.3 Å². The highest BCUT2D eigenvalue weighted by Crippen LogP contribution is 2.36. The van der Waals surface area contributed by atoms with Crippen molar-refractivity contribution < 1.29 is 53.0 Å². The summed E-state index contributed by atoms with van der Waals surface area (Å²) in [4.78, 5) is 0. The van der Waals surface area contributed by atoms with Crippen LogP contribution in [0.15, 0.2) is 36.4 Å². The van der Waals surface area contributed by atoms with E-state index >= 15 is 0 Å². The molecule has 18 heteroatoms. The molecule has 1 atom stereocenters. The van der Waals surface area contributed by atoms with Gasteiger partial charge in [0.25, 0.3) is 0 Å². The molecule has 0 aliphatic carbocycles. The summed E-state index contributed by atoms with van der Waals surface area (Å²) in [7, 11) is -13.4. The van der Waals surface area contributed by atoms with Crippen LogP contribution in [0.25, 0.3) is 9.81 Å². The summed E-state index contributed by atoms with van der Waals surface area (Å²) in [5.74, 6) is 0. The molecule has 0 saturated heterocycles. The molecule has 0 amide bonds. The molecule has 0 fully saturated rings. The molecule has 2 aromatic carbocycles. The van der Waals surface area contributed by atoms with Gasteiger partial charge in [0, 0.05) is 11.4 Å². The van der Waals surface area contributed by atoms with E-state index < -0.39 is 37.2 Å². The third kappa shape index (κ3) is 7.02. The summed E-state index contributed by atoms with van der Waals surface area (Å²) in [6.45, 7) is 7.20. The van der Waals surface area contributed by atoms with Gasteiger partial charge in [0.1, 0.15) is 12.6 Å². The second kappa shape index (κ2) is 11.5. The summed E-state index contributed by atoms with van der Waals surface area (Å²) in [6.07, 6.45) is 1.26. The van der Waals surface area contributed by atoms with E-state index in [1.165, 1.54) is 5.56 Å². The first-order valence-corrected chi connectivity index (χ1v) is 14.8. The van der Waals surface area contributed by atoms with E-state index in [2.05, 4.69) is 32.9 Å². The Balaban J connectivity index is 0.000000266. The highest BCUT2D eigenvalue weighted by atomic mass is 35.5. The first kappa shape index (κ1) is 32.8. The summed E-state index contributed by atoms with van der Waals surface area (Å²) >= 11 is 6.02. The van der Waals surface area contributed by atoms with Crippen molar-refractivity contribution in [1.82, 2.24) is 9.90 Å². The second-order valence-corrected chi connectivity index (χ2v) is 12.9. The lowest BCUT2D eigenvalue weighted by atomic mass is 10.0. The van der Waals surface area contributed by atoms with Crippen LogP contribution in [0.4, 0.5) is 26.3 Å². The van der Waals surface area contributed by atoms with Crippen molar-refractivity contribution in [1.29, 1.82) is 0 Å². The van der Waals surface area contributed by atoms with Gasteiger partial charge in [-0.05, 0) is 56.0 Å². The first-order chi connectivity index (χ1) is 18.7. The summed E-state index contributed by atoms with van der Waals surface area (Å²) < 4.78 is 113. The lowest BCUT2D eigenvalue weighted by molar-refractivity contribution is -0.673. The van der Waals surface area contributed by atoms with Gasteiger partial charge in [0.05, 0.1) is 5.21 Å². The Morgan fingerprint density at radius 3 is 1.90 bits per heavy atom. The van der Waals surface area contributed by atoms with E-state index in [0.29, 0.717) is 5.02 Å². The third-order valence-corrected chi connectivity index (χ3v) is 8.88. The van der Waals surface area contributed by atoms with Crippen LogP contribution in [0.3, 0.4) is 0 Å². The number of halogens is 7. The maximum Gasteiger partial charge on any atom is 0.480 e. The molecule has 1 aromatic heterocycles. The van der Waals surface area contributed by atoms with E-state index in [9.17, 15) is 48.3 Å². The zero-order chi connectivity index (χ0) is 31.1. The molecule has 3 aromatic rings. The van der Waals surface area contributed by atoms with Gasteiger partial charge in [-0.15, -0.1) is 4.68 Å². The highest BCUT2D eigenvalue weighted by Gasteiger charge is 2.47. The van der Waals surface area contributed by atoms with Crippen LogP contribution >= 0.6 is 11.6 Å². The molecule has 41 heavy (non-hydrogen) atoms. The van der Waals surface area contributed by atoms with E-state index in [1.807, 2.05) is 33.6 Å². The van der Waals surface area contributed by atoms with Crippen molar-refractivity contribution in [3.63, 3.8) is 0 Å². The predicted molar refractivity (Wildman–Crippen MR) is 135 cm³/mol. The van der Waals surface area contributed by atoms with Crippen molar-refractivity contribution in [2.75, 3.05) is 0 Å². The molecule has 1 aliphatic heterocycles. The number of nitrogens with zero attached hydrogens (tertiary/aromatic N) is 4. The number of aromatic nitrogens is 3. The number of alkyl halides is 6. The Kier molecular flexibility index (Phi) is 9.20.